The number of alkyl halides is 5. The first-order chi connectivity index (χ1) is 17.9. The molecule has 2 aromatic rings. The number of hydrogen-bond acceptors (Lipinski definition) is 4. The minimum Gasteiger partial charge on any atom is -0.380 e. The summed E-state index contributed by atoms with van der Waals surface area (Å²) in [5.74, 6) is -1.40. The smallest absolute Gasteiger partial charge is 0.380 e. The number of halogens is 6. The van der Waals surface area contributed by atoms with Gasteiger partial charge in [0.1, 0.15) is 5.69 Å². The molecule has 7 nitrogen and oxygen atoms in total. The Morgan fingerprint density at radius 2 is 1.82 bits per heavy atom. The van der Waals surface area contributed by atoms with Crippen LogP contribution in [0, 0.1) is 5.41 Å². The fourth-order valence-corrected chi connectivity index (χ4v) is 5.71. The number of rotatable bonds is 4. The van der Waals surface area contributed by atoms with Crippen LogP contribution in [0.2, 0.25) is 5.02 Å². The topological polar surface area (TPSA) is 77.6 Å². The van der Waals surface area contributed by atoms with Gasteiger partial charge in [-0.1, -0.05) is 11.6 Å². The van der Waals surface area contributed by atoms with Crippen molar-refractivity contribution in [1.82, 2.24) is 20.1 Å². The number of nitrogens with zero attached hydrogens (tertiary/aromatic N) is 3. The number of benzene rings is 1. The van der Waals surface area contributed by atoms with E-state index in [-0.39, 0.29) is 47.2 Å². The van der Waals surface area contributed by atoms with Crippen molar-refractivity contribution in [1.29, 1.82) is 0 Å². The van der Waals surface area contributed by atoms with Crippen LogP contribution in [-0.2, 0) is 11.0 Å². The van der Waals surface area contributed by atoms with Crippen molar-refractivity contribution in [2.75, 3.05) is 31.5 Å². The molecule has 2 saturated heterocycles. The van der Waals surface area contributed by atoms with Crippen LogP contribution in [0.3, 0.4) is 0 Å². The molecule has 38 heavy (non-hydrogen) atoms. The summed E-state index contributed by atoms with van der Waals surface area (Å²) < 4.78 is 67.3. The van der Waals surface area contributed by atoms with E-state index in [1.807, 2.05) is 0 Å². The van der Waals surface area contributed by atoms with E-state index in [1.165, 1.54) is 18.2 Å². The van der Waals surface area contributed by atoms with Crippen molar-refractivity contribution in [3.8, 4) is 0 Å². The third-order valence-electron chi connectivity index (χ3n) is 7.60. The maximum atomic E-state index is 13.5. The molecule has 2 aliphatic heterocycles. The van der Waals surface area contributed by atoms with Crippen molar-refractivity contribution < 1.29 is 31.5 Å². The fourth-order valence-electron chi connectivity index (χ4n) is 5.54. The lowest BCUT2D eigenvalue weighted by molar-refractivity contribution is -0.144. The molecule has 206 valence electrons. The van der Waals surface area contributed by atoms with E-state index >= 15 is 0 Å². The molecule has 13 heteroatoms. The highest BCUT2D eigenvalue weighted by Crippen LogP contribution is 2.52. The number of carbonyl (C=O) groups is 2. The predicted octanol–water partition coefficient (Wildman–Crippen LogP) is 5.14. The minimum atomic E-state index is -4.72. The van der Waals surface area contributed by atoms with Crippen LogP contribution in [0.5, 0.6) is 0 Å². The van der Waals surface area contributed by atoms with Gasteiger partial charge >= 0.3 is 18.6 Å². The zero-order valence-corrected chi connectivity index (χ0v) is 21.1. The molecular weight excluding hydrogens is 533 g/mol. The number of hydrogen-bond donors (Lipinski definition) is 2. The summed E-state index contributed by atoms with van der Waals surface area (Å²) in [6.45, 7) is 0.930. The number of pyridine rings is 1. The second-order valence-electron chi connectivity index (χ2n) is 10.5. The first kappa shape index (κ1) is 26.7. The molecular formula is C25H27ClF5N5O2. The largest absolute Gasteiger partial charge is 0.433 e. The van der Waals surface area contributed by atoms with Gasteiger partial charge in [0.25, 0.3) is 5.91 Å². The van der Waals surface area contributed by atoms with Gasteiger partial charge in [-0.3, -0.25) is 4.79 Å². The summed E-state index contributed by atoms with van der Waals surface area (Å²) in [4.78, 5) is 31.6. The minimum absolute atomic E-state index is 0.0482. The molecule has 1 saturated carbocycles. The lowest BCUT2D eigenvalue weighted by atomic mass is 9.95. The van der Waals surface area contributed by atoms with E-state index in [9.17, 15) is 31.5 Å². The van der Waals surface area contributed by atoms with Gasteiger partial charge in [0.2, 0.25) is 0 Å². The summed E-state index contributed by atoms with van der Waals surface area (Å²) in [6, 6.07) is 3.35. The molecule has 3 amide bonds. The van der Waals surface area contributed by atoms with Crippen molar-refractivity contribution >= 4 is 40.1 Å². The highest BCUT2D eigenvalue weighted by Gasteiger charge is 2.46. The van der Waals surface area contributed by atoms with E-state index in [2.05, 4.69) is 15.6 Å². The maximum absolute atomic E-state index is 13.5. The van der Waals surface area contributed by atoms with Crippen LogP contribution in [-0.4, -0.2) is 71.4 Å². The Morgan fingerprint density at radius 1 is 1.08 bits per heavy atom. The second-order valence-corrected chi connectivity index (χ2v) is 10.9. The molecule has 1 aliphatic carbocycles. The summed E-state index contributed by atoms with van der Waals surface area (Å²) in [5.41, 5.74) is -0.843. The predicted molar refractivity (Wildman–Crippen MR) is 131 cm³/mol. The number of carbonyl (C=O) groups excluding carboxylic acids is 2. The molecule has 3 fully saturated rings. The lowest BCUT2D eigenvalue weighted by Crippen LogP contribution is -2.59. The van der Waals surface area contributed by atoms with E-state index in [0.29, 0.717) is 18.5 Å². The average Bonchev–Trinajstić information content (AvgIpc) is 3.60. The molecule has 1 aromatic carbocycles. The van der Waals surface area contributed by atoms with Crippen molar-refractivity contribution in [2.24, 2.45) is 5.41 Å². The third-order valence-corrected chi connectivity index (χ3v) is 7.84. The molecule has 3 aliphatic rings. The highest BCUT2D eigenvalue weighted by molar-refractivity contribution is 6.31. The van der Waals surface area contributed by atoms with Crippen LogP contribution >= 0.6 is 11.6 Å². The quantitative estimate of drug-likeness (QED) is 0.509. The van der Waals surface area contributed by atoms with E-state index in [4.69, 9.17) is 11.6 Å². The lowest BCUT2D eigenvalue weighted by Gasteiger charge is -2.40. The first-order valence-electron chi connectivity index (χ1n) is 12.5. The van der Waals surface area contributed by atoms with Crippen LogP contribution in [0.4, 0.5) is 32.4 Å². The molecule has 3 heterocycles. The van der Waals surface area contributed by atoms with Crippen LogP contribution in [0.1, 0.15) is 37.8 Å². The molecule has 2 atom stereocenters. The van der Waals surface area contributed by atoms with Crippen LogP contribution in [0.15, 0.2) is 24.3 Å². The molecule has 0 radical (unpaired) electrons. The monoisotopic (exact) mass is 559 g/mol. The molecule has 1 aromatic heterocycles. The Balaban J connectivity index is 1.39. The third kappa shape index (κ3) is 5.74. The second kappa shape index (κ2) is 10.0. The average molecular weight is 560 g/mol. The fraction of sp³-hybridized carbons (Fsp3) is 0.560. The Labute approximate surface area is 220 Å². The highest BCUT2D eigenvalue weighted by atomic mass is 35.5. The molecule has 0 unspecified atom stereocenters. The standard InChI is InChI=1S/C25H27ClF5N5O2/c26-14-2-3-18-17(8-14)19(10-20(34-18)25(29,30)31)32-15-9-16(12-36(11-15)22(37)21(27)28)33-23(38)35-7-1-4-24(13-35)5-6-24/h2-3,8,10,15-16,21H,1,4-7,9,11-13H2,(H,32,34)(H,33,38)/t15-,16+/m1/s1. The van der Waals surface area contributed by atoms with Gasteiger partial charge in [-0.05, 0) is 61.8 Å². The maximum Gasteiger partial charge on any atom is 0.433 e. The number of likely N-dealkylation sites (tertiary alicyclic amines) is 2. The van der Waals surface area contributed by atoms with Gasteiger partial charge in [-0.25, -0.2) is 9.78 Å². The van der Waals surface area contributed by atoms with Crippen LogP contribution in [0.25, 0.3) is 10.9 Å². The number of urea groups is 1. The van der Waals surface area contributed by atoms with Crippen LogP contribution < -0.4 is 10.6 Å². The number of fused-ring (bicyclic) bond motifs is 1. The Morgan fingerprint density at radius 3 is 2.50 bits per heavy atom. The van der Waals surface area contributed by atoms with Crippen molar-refractivity contribution in [2.45, 2.75) is 56.8 Å². The molecule has 2 N–H and O–H groups in total. The normalized spacial score (nSPS) is 23.1. The molecule has 1 spiro atoms. The Kier molecular flexibility index (Phi) is 7.04. The van der Waals surface area contributed by atoms with Gasteiger partial charge < -0.3 is 20.4 Å². The zero-order chi connectivity index (χ0) is 27.2. The Bertz CT molecular complexity index is 1240. The number of aromatic nitrogens is 1. The first-order valence-corrected chi connectivity index (χ1v) is 12.9. The SMILES string of the molecule is O=C(N[C@H]1C[C@@H](Nc2cc(C(F)(F)F)nc3ccc(Cl)cc23)CN(C(=O)C(F)F)C1)N1CCCC2(CC2)C1. The summed E-state index contributed by atoms with van der Waals surface area (Å²) in [7, 11) is 0. The van der Waals surface area contributed by atoms with Gasteiger partial charge in [0.15, 0.2) is 0 Å². The number of nitrogens with one attached hydrogen (secondary N) is 2. The summed E-state index contributed by atoms with van der Waals surface area (Å²) in [6.07, 6.45) is -3.65. The van der Waals surface area contributed by atoms with Gasteiger partial charge in [0.05, 0.1) is 11.6 Å². The van der Waals surface area contributed by atoms with E-state index < -0.39 is 36.3 Å². The summed E-state index contributed by atoms with van der Waals surface area (Å²) >= 11 is 6.08. The molecule has 0 bridgehead atoms. The summed E-state index contributed by atoms with van der Waals surface area (Å²) in [5, 5.41) is 6.45. The van der Waals surface area contributed by atoms with E-state index in [0.717, 1.165) is 36.6 Å². The molecule has 5 rings (SSSR count). The van der Waals surface area contributed by atoms with Gasteiger partial charge in [0, 0.05) is 48.3 Å². The van der Waals surface area contributed by atoms with Gasteiger partial charge in [-0.2, -0.15) is 22.0 Å². The number of anilines is 1. The zero-order valence-electron chi connectivity index (χ0n) is 20.3. The van der Waals surface area contributed by atoms with Gasteiger partial charge in [-0.15, -0.1) is 0 Å². The van der Waals surface area contributed by atoms with E-state index in [1.54, 1.807) is 4.90 Å². The Hall–Kier alpha value is -2.89. The number of amides is 3. The number of piperidine rings is 2. The van der Waals surface area contributed by atoms with Crippen molar-refractivity contribution in [3.63, 3.8) is 0 Å². The van der Waals surface area contributed by atoms with Crippen molar-refractivity contribution in [3.05, 3.63) is 35.0 Å².